The first-order chi connectivity index (χ1) is 19.5. The Labute approximate surface area is 245 Å². The fourth-order valence-corrected chi connectivity index (χ4v) is 5.34. The van der Waals surface area contributed by atoms with Crippen LogP contribution in [-0.2, 0) is 42.2 Å². The van der Waals surface area contributed by atoms with Crippen LogP contribution >= 0.6 is 23.2 Å². The summed E-state index contributed by atoms with van der Waals surface area (Å²) >= 11 is 12.3. The summed E-state index contributed by atoms with van der Waals surface area (Å²) in [5, 5.41) is 10.5. The molecule has 0 saturated heterocycles. The van der Waals surface area contributed by atoms with Gasteiger partial charge in [0.15, 0.2) is 12.4 Å². The Morgan fingerprint density at radius 3 is 2.07 bits per heavy atom. The Kier molecular flexibility index (Phi) is 11.2. The van der Waals surface area contributed by atoms with Gasteiger partial charge in [0.25, 0.3) is 0 Å². The van der Waals surface area contributed by atoms with Crippen LogP contribution in [0.2, 0.25) is 10.0 Å². The molecule has 14 heteroatoms. The fraction of sp³-hybridized carbons (Fsp3) is 0.185. The summed E-state index contributed by atoms with van der Waals surface area (Å²) in [5.74, 6) is -3.63. The molecule has 1 atom stereocenters. The minimum atomic E-state index is -4.20. The van der Waals surface area contributed by atoms with Crippen molar-refractivity contribution in [3.05, 3.63) is 99.5 Å². The number of ketones is 1. The Morgan fingerprint density at radius 1 is 0.854 bits per heavy atom. The summed E-state index contributed by atoms with van der Waals surface area (Å²) in [4.78, 5) is 48.4. The van der Waals surface area contributed by atoms with Gasteiger partial charge in [-0.2, -0.15) is 0 Å². The summed E-state index contributed by atoms with van der Waals surface area (Å²) in [7, 11) is -4.20. The van der Waals surface area contributed by atoms with Crippen LogP contribution in [0.15, 0.2) is 77.7 Å². The van der Waals surface area contributed by atoms with Gasteiger partial charge >= 0.3 is 18.0 Å². The number of alkyl carbamates (subject to hydrolysis) is 1. The van der Waals surface area contributed by atoms with E-state index in [2.05, 4.69) is 10.0 Å². The molecule has 0 aromatic heterocycles. The maximum atomic E-state index is 12.9. The van der Waals surface area contributed by atoms with Gasteiger partial charge in [-0.15, -0.1) is 0 Å². The highest BCUT2D eigenvalue weighted by atomic mass is 35.5. The van der Waals surface area contributed by atoms with Crippen molar-refractivity contribution < 1.29 is 42.2 Å². The number of carboxylic acids is 1. The largest absolute Gasteiger partial charge is 0.481 e. The smallest absolute Gasteiger partial charge is 0.408 e. The van der Waals surface area contributed by atoms with E-state index in [1.54, 1.807) is 60.7 Å². The van der Waals surface area contributed by atoms with E-state index in [4.69, 9.17) is 37.8 Å². The molecule has 0 aliphatic carbocycles. The number of rotatable bonds is 13. The first kappa shape index (κ1) is 31.6. The van der Waals surface area contributed by atoms with Crippen LogP contribution in [-0.4, -0.2) is 50.0 Å². The first-order valence-electron chi connectivity index (χ1n) is 11.9. The Bertz CT molecular complexity index is 1520. The molecule has 0 aliphatic rings. The number of hydrogen-bond donors (Lipinski definition) is 3. The molecular weight excluding hydrogens is 599 g/mol. The van der Waals surface area contributed by atoms with E-state index in [-0.39, 0.29) is 18.2 Å². The summed E-state index contributed by atoms with van der Waals surface area (Å²) in [6.45, 7) is -1.17. The lowest BCUT2D eigenvalue weighted by Gasteiger charge is -2.16. The molecule has 0 radical (unpaired) electrons. The lowest BCUT2D eigenvalue weighted by atomic mass is 10.1. The highest BCUT2D eigenvalue weighted by Crippen LogP contribution is 2.32. The van der Waals surface area contributed by atoms with E-state index >= 15 is 0 Å². The van der Waals surface area contributed by atoms with Crippen molar-refractivity contribution in [1.82, 2.24) is 10.0 Å². The average molecular weight is 623 g/mol. The molecule has 1 amide bonds. The molecule has 3 N–H and O–H groups in total. The van der Waals surface area contributed by atoms with E-state index in [9.17, 15) is 27.6 Å². The van der Waals surface area contributed by atoms with Crippen molar-refractivity contribution in [1.29, 1.82) is 0 Å². The van der Waals surface area contributed by atoms with Gasteiger partial charge in [0.05, 0.1) is 22.0 Å². The molecule has 41 heavy (non-hydrogen) atoms. The summed E-state index contributed by atoms with van der Waals surface area (Å²) in [5.41, 5.74) is 0.812. The highest BCUT2D eigenvalue weighted by Gasteiger charge is 2.29. The zero-order chi connectivity index (χ0) is 30.0. The molecule has 11 nitrogen and oxygen atoms in total. The number of carbonyl (C=O) groups is 4. The molecule has 0 saturated carbocycles. The van der Waals surface area contributed by atoms with Crippen molar-refractivity contribution >= 4 is 57.0 Å². The summed E-state index contributed by atoms with van der Waals surface area (Å²) in [6.07, 6.45) is -1.88. The van der Waals surface area contributed by atoms with Gasteiger partial charge in [0, 0.05) is 6.54 Å². The number of sulfonamides is 1. The van der Waals surface area contributed by atoms with E-state index in [0.29, 0.717) is 11.1 Å². The van der Waals surface area contributed by atoms with E-state index in [1.807, 2.05) is 0 Å². The Morgan fingerprint density at radius 2 is 1.46 bits per heavy atom. The van der Waals surface area contributed by atoms with E-state index in [1.165, 1.54) is 0 Å². The number of amides is 1. The van der Waals surface area contributed by atoms with Crippen molar-refractivity contribution in [2.45, 2.75) is 30.5 Å². The lowest BCUT2D eigenvalue weighted by Crippen LogP contribution is -2.44. The highest BCUT2D eigenvalue weighted by molar-refractivity contribution is 7.89. The number of Topliss-reactive ketones (excluding diaryl/α,β-unsaturated/α-hetero) is 1. The van der Waals surface area contributed by atoms with Crippen LogP contribution in [0.4, 0.5) is 4.79 Å². The van der Waals surface area contributed by atoms with Crippen LogP contribution in [0.25, 0.3) is 0 Å². The van der Waals surface area contributed by atoms with E-state index < -0.39 is 68.4 Å². The third-order valence-corrected chi connectivity index (χ3v) is 7.74. The molecule has 216 valence electrons. The molecule has 0 aliphatic heterocycles. The number of hydrogen-bond acceptors (Lipinski definition) is 8. The lowest BCUT2D eigenvalue weighted by molar-refractivity contribution is -0.139. The molecule has 3 rings (SSSR count). The van der Waals surface area contributed by atoms with Crippen LogP contribution < -0.4 is 10.0 Å². The SMILES string of the molecule is O=C(O)CC(NC(=O)OCc1ccccc1)C(=O)COC(=O)c1c(Cl)ccc(S(=O)(=O)NCc2ccccc2)c1Cl. The third kappa shape index (κ3) is 9.29. The molecule has 3 aromatic carbocycles. The second-order valence-corrected chi connectivity index (χ2v) is 11.0. The zero-order valence-electron chi connectivity index (χ0n) is 21.2. The molecule has 0 heterocycles. The van der Waals surface area contributed by atoms with Gasteiger partial charge in [-0.05, 0) is 23.3 Å². The van der Waals surface area contributed by atoms with Crippen molar-refractivity contribution in [3.63, 3.8) is 0 Å². The molecule has 0 bridgehead atoms. The quantitative estimate of drug-likeness (QED) is 0.239. The zero-order valence-corrected chi connectivity index (χ0v) is 23.5. The number of carbonyl (C=O) groups excluding carboxylic acids is 3. The minimum Gasteiger partial charge on any atom is -0.481 e. The second kappa shape index (κ2) is 14.6. The third-order valence-electron chi connectivity index (χ3n) is 5.48. The average Bonchev–Trinajstić information content (AvgIpc) is 2.94. The molecule has 0 spiro atoms. The van der Waals surface area contributed by atoms with Gasteiger partial charge in [-0.1, -0.05) is 83.9 Å². The monoisotopic (exact) mass is 622 g/mol. The number of esters is 1. The second-order valence-electron chi connectivity index (χ2n) is 8.44. The fourth-order valence-electron chi connectivity index (χ4n) is 3.42. The topological polar surface area (TPSA) is 165 Å². The maximum absolute atomic E-state index is 12.9. The number of halogens is 2. The van der Waals surface area contributed by atoms with Crippen molar-refractivity contribution in [2.24, 2.45) is 0 Å². The van der Waals surface area contributed by atoms with Crippen LogP contribution in [0, 0.1) is 0 Å². The number of aliphatic carboxylic acids is 1. The van der Waals surface area contributed by atoms with Crippen LogP contribution in [0.1, 0.15) is 27.9 Å². The van der Waals surface area contributed by atoms with Crippen molar-refractivity contribution in [3.8, 4) is 0 Å². The predicted octanol–water partition coefficient (Wildman–Crippen LogP) is 3.97. The van der Waals surface area contributed by atoms with Gasteiger partial charge in [-0.3, -0.25) is 9.59 Å². The van der Waals surface area contributed by atoms with Crippen molar-refractivity contribution in [2.75, 3.05) is 6.61 Å². The molecular formula is C27H24Cl2N2O9S. The van der Waals surface area contributed by atoms with E-state index in [0.717, 1.165) is 12.1 Å². The predicted molar refractivity (Wildman–Crippen MR) is 148 cm³/mol. The van der Waals surface area contributed by atoms with Gasteiger partial charge < -0.3 is 19.9 Å². The molecule has 3 aromatic rings. The number of benzene rings is 3. The minimum absolute atomic E-state index is 0.0534. The van der Waals surface area contributed by atoms with Crippen LogP contribution in [0.5, 0.6) is 0 Å². The van der Waals surface area contributed by atoms with Gasteiger partial charge in [-0.25, -0.2) is 22.7 Å². The number of nitrogens with one attached hydrogen (secondary N) is 2. The standard InChI is InChI=1S/C27H24Cl2N2O9S/c28-19-11-12-22(41(37,38)30-14-17-7-3-1-4-8-17)25(29)24(19)26(35)39-16-21(32)20(13-23(33)34)31-27(36)40-15-18-9-5-2-6-10-18/h1-12,20,30H,13-16H2,(H,31,36)(H,33,34). The molecule has 1 unspecified atom stereocenters. The van der Waals surface area contributed by atoms with Gasteiger partial charge in [0.1, 0.15) is 17.5 Å². The van der Waals surface area contributed by atoms with Crippen LogP contribution in [0.3, 0.4) is 0 Å². The summed E-state index contributed by atoms with van der Waals surface area (Å²) < 4.78 is 38.1. The van der Waals surface area contributed by atoms with Gasteiger partial charge in [0.2, 0.25) is 10.0 Å². The molecule has 0 fully saturated rings. The summed E-state index contributed by atoms with van der Waals surface area (Å²) in [6, 6.07) is 17.9. The first-order valence-corrected chi connectivity index (χ1v) is 14.1. The number of ether oxygens (including phenoxy) is 2. The number of carboxylic acid groups (broad SMARTS) is 1. The Hall–Kier alpha value is -3.97. The maximum Gasteiger partial charge on any atom is 0.408 e. The Balaban J connectivity index is 1.66. The normalized spacial score (nSPS) is 11.8.